The van der Waals surface area contributed by atoms with Gasteiger partial charge in [0.15, 0.2) is 11.5 Å². The van der Waals surface area contributed by atoms with E-state index >= 15 is 0 Å². The van der Waals surface area contributed by atoms with Gasteiger partial charge < -0.3 is 20.3 Å². The van der Waals surface area contributed by atoms with Crippen LogP contribution in [0.15, 0.2) is 36.4 Å². The SMILES string of the molecule is COc1cc(CO)ccc1Oc1ccc(C(N)=S)c(C)c1. The number of ether oxygens (including phenoxy) is 2. The van der Waals surface area contributed by atoms with Crippen LogP contribution in [-0.4, -0.2) is 17.2 Å². The quantitative estimate of drug-likeness (QED) is 0.832. The number of methoxy groups -OCH3 is 1. The highest BCUT2D eigenvalue weighted by Crippen LogP contribution is 2.33. The van der Waals surface area contributed by atoms with Crippen molar-refractivity contribution in [1.29, 1.82) is 0 Å². The van der Waals surface area contributed by atoms with Gasteiger partial charge in [-0.15, -0.1) is 0 Å². The molecule has 0 bridgehead atoms. The molecule has 110 valence electrons. The minimum atomic E-state index is -0.0433. The van der Waals surface area contributed by atoms with Crippen LogP contribution in [0.2, 0.25) is 0 Å². The predicted molar refractivity (Wildman–Crippen MR) is 86.1 cm³/mol. The number of hydrogen-bond acceptors (Lipinski definition) is 4. The zero-order chi connectivity index (χ0) is 15.4. The molecule has 0 aliphatic carbocycles. The van der Waals surface area contributed by atoms with Crippen LogP contribution in [0.5, 0.6) is 17.2 Å². The number of aliphatic hydroxyl groups is 1. The molecular weight excluding hydrogens is 286 g/mol. The molecular formula is C16H17NO3S. The first kappa shape index (κ1) is 15.3. The number of nitrogens with two attached hydrogens (primary N) is 1. The fourth-order valence-corrected chi connectivity index (χ4v) is 2.23. The molecule has 0 fully saturated rings. The lowest BCUT2D eigenvalue weighted by Crippen LogP contribution is -2.10. The van der Waals surface area contributed by atoms with Crippen molar-refractivity contribution in [3.8, 4) is 17.2 Å². The molecule has 0 aromatic heterocycles. The van der Waals surface area contributed by atoms with Gasteiger partial charge in [0.2, 0.25) is 0 Å². The van der Waals surface area contributed by atoms with Crippen LogP contribution in [0.3, 0.4) is 0 Å². The molecule has 0 spiro atoms. The highest BCUT2D eigenvalue weighted by atomic mass is 32.1. The molecule has 0 unspecified atom stereocenters. The van der Waals surface area contributed by atoms with Crippen molar-refractivity contribution < 1.29 is 14.6 Å². The lowest BCUT2D eigenvalue weighted by Gasteiger charge is -2.13. The van der Waals surface area contributed by atoms with Crippen molar-refractivity contribution in [2.24, 2.45) is 5.73 Å². The van der Waals surface area contributed by atoms with E-state index in [0.29, 0.717) is 22.2 Å². The van der Waals surface area contributed by atoms with Crippen LogP contribution in [-0.2, 0) is 6.61 Å². The Morgan fingerprint density at radius 2 is 1.95 bits per heavy atom. The van der Waals surface area contributed by atoms with Crippen LogP contribution in [0, 0.1) is 6.92 Å². The summed E-state index contributed by atoms with van der Waals surface area (Å²) in [6.45, 7) is 1.88. The summed E-state index contributed by atoms with van der Waals surface area (Å²) in [4.78, 5) is 0.365. The summed E-state index contributed by atoms with van der Waals surface area (Å²) in [5.74, 6) is 1.82. The van der Waals surface area contributed by atoms with Gasteiger partial charge in [-0.3, -0.25) is 0 Å². The lowest BCUT2D eigenvalue weighted by atomic mass is 10.1. The monoisotopic (exact) mass is 303 g/mol. The summed E-state index contributed by atoms with van der Waals surface area (Å²) in [5, 5.41) is 9.14. The molecule has 0 saturated carbocycles. The topological polar surface area (TPSA) is 64.7 Å². The highest BCUT2D eigenvalue weighted by Gasteiger charge is 2.09. The van der Waals surface area contributed by atoms with E-state index in [1.54, 1.807) is 31.4 Å². The average molecular weight is 303 g/mol. The van der Waals surface area contributed by atoms with Gasteiger partial charge >= 0.3 is 0 Å². The third kappa shape index (κ3) is 3.51. The second kappa shape index (κ2) is 6.56. The van der Waals surface area contributed by atoms with Crippen LogP contribution in [0.1, 0.15) is 16.7 Å². The fraction of sp³-hybridized carbons (Fsp3) is 0.188. The molecule has 0 saturated heterocycles. The smallest absolute Gasteiger partial charge is 0.169 e. The zero-order valence-corrected chi connectivity index (χ0v) is 12.7. The van der Waals surface area contributed by atoms with Gasteiger partial charge in [0.1, 0.15) is 10.7 Å². The maximum absolute atomic E-state index is 9.14. The molecule has 0 atom stereocenters. The predicted octanol–water partition coefficient (Wildman–Crippen LogP) is 2.92. The molecule has 21 heavy (non-hydrogen) atoms. The van der Waals surface area contributed by atoms with E-state index in [4.69, 9.17) is 32.5 Å². The van der Waals surface area contributed by atoms with E-state index in [2.05, 4.69) is 0 Å². The summed E-state index contributed by atoms with van der Waals surface area (Å²) in [6, 6.07) is 10.8. The summed E-state index contributed by atoms with van der Waals surface area (Å²) in [5.41, 5.74) is 8.19. The van der Waals surface area contributed by atoms with Crippen molar-refractivity contribution in [1.82, 2.24) is 0 Å². The lowest BCUT2D eigenvalue weighted by molar-refractivity contribution is 0.280. The third-order valence-corrected chi connectivity index (χ3v) is 3.32. The maximum Gasteiger partial charge on any atom is 0.169 e. The van der Waals surface area contributed by atoms with Crippen molar-refractivity contribution >= 4 is 17.2 Å². The Bertz CT molecular complexity index is 671. The van der Waals surface area contributed by atoms with Gasteiger partial charge in [0, 0.05) is 5.56 Å². The molecule has 0 amide bonds. The van der Waals surface area contributed by atoms with Gasteiger partial charge in [0.25, 0.3) is 0 Å². The van der Waals surface area contributed by atoms with E-state index in [1.165, 1.54) is 0 Å². The maximum atomic E-state index is 9.14. The molecule has 2 rings (SSSR count). The van der Waals surface area contributed by atoms with E-state index in [9.17, 15) is 0 Å². The first-order valence-electron chi connectivity index (χ1n) is 6.41. The Kier molecular flexibility index (Phi) is 4.77. The summed E-state index contributed by atoms with van der Waals surface area (Å²) >= 11 is 4.98. The fourth-order valence-electron chi connectivity index (χ4n) is 2.00. The third-order valence-electron chi connectivity index (χ3n) is 3.10. The van der Waals surface area contributed by atoms with E-state index in [1.807, 2.05) is 19.1 Å². The first-order chi connectivity index (χ1) is 10.0. The van der Waals surface area contributed by atoms with Crippen LogP contribution < -0.4 is 15.2 Å². The number of aryl methyl sites for hydroxylation is 1. The van der Waals surface area contributed by atoms with Crippen molar-refractivity contribution in [3.05, 3.63) is 53.1 Å². The minimum Gasteiger partial charge on any atom is -0.493 e. The average Bonchev–Trinajstić information content (AvgIpc) is 2.47. The molecule has 0 aliphatic rings. The molecule has 3 N–H and O–H groups in total. The Balaban J connectivity index is 2.30. The molecule has 5 heteroatoms. The van der Waals surface area contributed by atoms with E-state index in [-0.39, 0.29) is 6.61 Å². The standard InChI is InChI=1S/C16H17NO3S/c1-10-7-12(4-5-13(10)16(17)21)20-14-6-3-11(9-18)8-15(14)19-2/h3-8,18H,9H2,1-2H3,(H2,17,21). The minimum absolute atomic E-state index is 0.0433. The van der Waals surface area contributed by atoms with Gasteiger partial charge in [-0.25, -0.2) is 0 Å². The van der Waals surface area contributed by atoms with Crippen molar-refractivity contribution in [2.75, 3.05) is 7.11 Å². The summed E-state index contributed by atoms with van der Waals surface area (Å²) < 4.78 is 11.1. The largest absolute Gasteiger partial charge is 0.493 e. The Hall–Kier alpha value is -2.11. The molecule has 0 aliphatic heterocycles. The Morgan fingerprint density at radius 3 is 2.52 bits per heavy atom. The van der Waals surface area contributed by atoms with Gasteiger partial charge in [-0.1, -0.05) is 18.3 Å². The second-order valence-electron chi connectivity index (χ2n) is 4.59. The van der Waals surface area contributed by atoms with Gasteiger partial charge in [-0.2, -0.15) is 0 Å². The summed E-state index contributed by atoms with van der Waals surface area (Å²) in [7, 11) is 1.56. The van der Waals surface area contributed by atoms with Gasteiger partial charge in [-0.05, 0) is 48.4 Å². The molecule has 2 aromatic carbocycles. The number of rotatable bonds is 5. The molecule has 2 aromatic rings. The number of benzene rings is 2. The second-order valence-corrected chi connectivity index (χ2v) is 5.03. The normalized spacial score (nSPS) is 10.2. The Morgan fingerprint density at radius 1 is 1.19 bits per heavy atom. The van der Waals surface area contributed by atoms with Crippen LogP contribution >= 0.6 is 12.2 Å². The van der Waals surface area contributed by atoms with Gasteiger partial charge in [0.05, 0.1) is 13.7 Å². The summed E-state index contributed by atoms with van der Waals surface area (Å²) in [6.07, 6.45) is 0. The van der Waals surface area contributed by atoms with Crippen molar-refractivity contribution in [3.63, 3.8) is 0 Å². The zero-order valence-electron chi connectivity index (χ0n) is 11.9. The van der Waals surface area contributed by atoms with Crippen molar-refractivity contribution in [2.45, 2.75) is 13.5 Å². The molecule has 0 radical (unpaired) electrons. The van der Waals surface area contributed by atoms with Crippen LogP contribution in [0.4, 0.5) is 0 Å². The van der Waals surface area contributed by atoms with E-state index < -0.39 is 0 Å². The van der Waals surface area contributed by atoms with Crippen LogP contribution in [0.25, 0.3) is 0 Å². The highest BCUT2D eigenvalue weighted by molar-refractivity contribution is 7.80. The molecule has 4 nitrogen and oxygen atoms in total. The van der Waals surface area contributed by atoms with E-state index in [0.717, 1.165) is 16.7 Å². The number of hydrogen-bond donors (Lipinski definition) is 2. The Labute approximate surface area is 129 Å². The molecule has 0 heterocycles. The number of thiocarbonyl (C=S) groups is 1. The number of aliphatic hydroxyl groups excluding tert-OH is 1. The first-order valence-corrected chi connectivity index (χ1v) is 6.82.